The molecule has 0 saturated carbocycles. The Hall–Kier alpha value is -1.97. The van der Waals surface area contributed by atoms with Crippen LogP contribution in [-0.4, -0.2) is 5.11 Å². The van der Waals surface area contributed by atoms with E-state index in [-0.39, 0.29) is 11.1 Å². The maximum absolute atomic E-state index is 13.0. The molecule has 0 bridgehead atoms. The van der Waals surface area contributed by atoms with Gasteiger partial charge in [-0.05, 0) is 23.6 Å². The molecule has 0 fully saturated rings. The molecule has 2 aromatic rings. The van der Waals surface area contributed by atoms with Crippen LogP contribution in [0.2, 0.25) is 0 Å². The van der Waals surface area contributed by atoms with E-state index in [1.807, 2.05) is 0 Å². The van der Waals surface area contributed by atoms with Gasteiger partial charge in [-0.2, -0.15) is 13.2 Å². The number of phenols is 1. The zero-order valence-corrected chi connectivity index (χ0v) is 9.62. The molecule has 0 aliphatic carbocycles. The SMILES string of the molecule is Cc1ccc(-c2ccccc2)c(C(F)(F)F)c1O. The monoisotopic (exact) mass is 252 g/mol. The molecule has 0 radical (unpaired) electrons. The van der Waals surface area contributed by atoms with Crippen LogP contribution < -0.4 is 0 Å². The molecule has 94 valence electrons. The molecular weight excluding hydrogens is 241 g/mol. The number of hydrogen-bond acceptors (Lipinski definition) is 1. The minimum Gasteiger partial charge on any atom is -0.507 e. The Morgan fingerprint density at radius 2 is 1.56 bits per heavy atom. The largest absolute Gasteiger partial charge is 0.507 e. The normalized spacial score (nSPS) is 11.6. The molecule has 0 aliphatic heterocycles. The topological polar surface area (TPSA) is 20.2 Å². The molecule has 0 heterocycles. The lowest BCUT2D eigenvalue weighted by Gasteiger charge is -2.16. The van der Waals surface area contributed by atoms with Crippen LogP contribution in [0.15, 0.2) is 42.5 Å². The third-order valence-electron chi connectivity index (χ3n) is 2.75. The summed E-state index contributed by atoms with van der Waals surface area (Å²) >= 11 is 0. The van der Waals surface area contributed by atoms with Gasteiger partial charge in [0.05, 0.1) is 0 Å². The summed E-state index contributed by atoms with van der Waals surface area (Å²) in [6.45, 7) is 1.44. The first-order valence-corrected chi connectivity index (χ1v) is 5.36. The molecule has 0 aromatic heterocycles. The van der Waals surface area contributed by atoms with Gasteiger partial charge in [0, 0.05) is 0 Å². The van der Waals surface area contributed by atoms with Crippen molar-refractivity contribution in [3.63, 3.8) is 0 Å². The zero-order chi connectivity index (χ0) is 13.3. The lowest BCUT2D eigenvalue weighted by molar-refractivity contribution is -0.138. The molecule has 0 spiro atoms. The van der Waals surface area contributed by atoms with Crippen molar-refractivity contribution in [3.8, 4) is 16.9 Å². The van der Waals surface area contributed by atoms with Crippen molar-refractivity contribution in [2.45, 2.75) is 13.1 Å². The third kappa shape index (κ3) is 2.18. The Kier molecular flexibility index (Phi) is 3.03. The second kappa shape index (κ2) is 4.37. The molecule has 1 N–H and O–H groups in total. The number of alkyl halides is 3. The summed E-state index contributed by atoms with van der Waals surface area (Å²) < 4.78 is 39.0. The first-order valence-electron chi connectivity index (χ1n) is 5.36. The Balaban J connectivity index is 2.73. The van der Waals surface area contributed by atoms with Crippen LogP contribution in [-0.2, 0) is 6.18 Å². The van der Waals surface area contributed by atoms with Gasteiger partial charge in [0.15, 0.2) is 0 Å². The van der Waals surface area contributed by atoms with Gasteiger partial charge in [0.25, 0.3) is 0 Å². The molecule has 4 heteroatoms. The Labute approximate surface area is 103 Å². The van der Waals surface area contributed by atoms with Crippen LogP contribution in [0.5, 0.6) is 5.75 Å². The Morgan fingerprint density at radius 3 is 2.11 bits per heavy atom. The second-order valence-corrected chi connectivity index (χ2v) is 4.02. The molecule has 0 unspecified atom stereocenters. The van der Waals surface area contributed by atoms with Crippen LogP contribution in [0.1, 0.15) is 11.1 Å². The van der Waals surface area contributed by atoms with Gasteiger partial charge in [0.2, 0.25) is 0 Å². The van der Waals surface area contributed by atoms with Crippen molar-refractivity contribution >= 4 is 0 Å². The summed E-state index contributed by atoms with van der Waals surface area (Å²) in [7, 11) is 0. The standard InChI is InChI=1S/C14H11F3O/c1-9-7-8-11(10-5-3-2-4-6-10)12(13(9)18)14(15,16)17/h2-8,18H,1H3. The molecule has 0 saturated heterocycles. The van der Waals surface area contributed by atoms with Crippen LogP contribution in [0.3, 0.4) is 0 Å². The highest BCUT2D eigenvalue weighted by Crippen LogP contribution is 2.43. The number of aromatic hydroxyl groups is 1. The Bertz CT molecular complexity index is 559. The van der Waals surface area contributed by atoms with E-state index < -0.39 is 17.5 Å². The number of benzene rings is 2. The van der Waals surface area contributed by atoms with Crippen molar-refractivity contribution in [2.75, 3.05) is 0 Å². The number of phenolic OH excluding ortho intramolecular Hbond substituents is 1. The number of halogens is 3. The maximum Gasteiger partial charge on any atom is 0.420 e. The average molecular weight is 252 g/mol. The van der Waals surface area contributed by atoms with Gasteiger partial charge in [-0.15, -0.1) is 0 Å². The van der Waals surface area contributed by atoms with E-state index in [1.54, 1.807) is 30.3 Å². The number of hydrogen-bond donors (Lipinski definition) is 1. The maximum atomic E-state index is 13.0. The summed E-state index contributed by atoms with van der Waals surface area (Å²) in [5.74, 6) is -0.705. The van der Waals surface area contributed by atoms with Crippen LogP contribution in [0.4, 0.5) is 13.2 Å². The smallest absolute Gasteiger partial charge is 0.420 e. The lowest BCUT2D eigenvalue weighted by atomic mass is 9.96. The molecule has 2 aromatic carbocycles. The van der Waals surface area contributed by atoms with Gasteiger partial charge in [-0.25, -0.2) is 0 Å². The zero-order valence-electron chi connectivity index (χ0n) is 9.62. The summed E-state index contributed by atoms with van der Waals surface area (Å²) in [5, 5.41) is 9.66. The van der Waals surface area contributed by atoms with E-state index >= 15 is 0 Å². The lowest BCUT2D eigenvalue weighted by Crippen LogP contribution is -2.08. The van der Waals surface area contributed by atoms with Gasteiger partial charge in [-0.3, -0.25) is 0 Å². The van der Waals surface area contributed by atoms with Crippen molar-refractivity contribution in [1.82, 2.24) is 0 Å². The molecule has 0 amide bonds. The first-order chi connectivity index (χ1) is 8.41. The highest BCUT2D eigenvalue weighted by atomic mass is 19.4. The molecule has 0 aliphatic rings. The van der Waals surface area contributed by atoms with E-state index in [2.05, 4.69) is 0 Å². The second-order valence-electron chi connectivity index (χ2n) is 4.02. The number of rotatable bonds is 1. The Morgan fingerprint density at radius 1 is 0.944 bits per heavy atom. The summed E-state index contributed by atoms with van der Waals surface area (Å²) in [4.78, 5) is 0. The first kappa shape index (κ1) is 12.5. The van der Waals surface area contributed by atoms with Crippen molar-refractivity contribution in [3.05, 3.63) is 53.6 Å². The molecule has 0 atom stereocenters. The third-order valence-corrected chi connectivity index (χ3v) is 2.75. The van der Waals surface area contributed by atoms with Gasteiger partial charge in [0.1, 0.15) is 11.3 Å². The van der Waals surface area contributed by atoms with Crippen LogP contribution in [0.25, 0.3) is 11.1 Å². The minimum absolute atomic E-state index is 0.00815. The van der Waals surface area contributed by atoms with E-state index in [0.717, 1.165) is 0 Å². The van der Waals surface area contributed by atoms with Crippen LogP contribution in [0, 0.1) is 6.92 Å². The highest BCUT2D eigenvalue weighted by molar-refractivity contribution is 5.71. The van der Waals surface area contributed by atoms with Gasteiger partial charge < -0.3 is 5.11 Å². The predicted molar refractivity (Wildman–Crippen MR) is 63.3 cm³/mol. The van der Waals surface area contributed by atoms with Crippen molar-refractivity contribution in [1.29, 1.82) is 0 Å². The summed E-state index contributed by atoms with van der Waals surface area (Å²) in [6.07, 6.45) is -4.58. The fraction of sp³-hybridized carbons (Fsp3) is 0.143. The van der Waals surface area contributed by atoms with Crippen LogP contribution >= 0.6 is 0 Å². The average Bonchev–Trinajstić information content (AvgIpc) is 2.32. The van der Waals surface area contributed by atoms with E-state index in [1.165, 1.54) is 19.1 Å². The quantitative estimate of drug-likeness (QED) is 0.798. The fourth-order valence-corrected chi connectivity index (χ4v) is 1.84. The van der Waals surface area contributed by atoms with E-state index in [0.29, 0.717) is 5.56 Å². The highest BCUT2D eigenvalue weighted by Gasteiger charge is 2.37. The summed E-state index contributed by atoms with van der Waals surface area (Å²) in [6, 6.07) is 11.1. The predicted octanol–water partition coefficient (Wildman–Crippen LogP) is 4.39. The van der Waals surface area contributed by atoms with Gasteiger partial charge in [-0.1, -0.05) is 42.5 Å². The van der Waals surface area contributed by atoms with E-state index in [4.69, 9.17) is 0 Å². The molecule has 2 rings (SSSR count). The minimum atomic E-state index is -4.58. The van der Waals surface area contributed by atoms with Crippen molar-refractivity contribution < 1.29 is 18.3 Å². The van der Waals surface area contributed by atoms with Crippen molar-refractivity contribution in [2.24, 2.45) is 0 Å². The molecule has 1 nitrogen and oxygen atoms in total. The van der Waals surface area contributed by atoms with E-state index in [9.17, 15) is 18.3 Å². The number of aryl methyl sites for hydroxylation is 1. The molecule has 18 heavy (non-hydrogen) atoms. The fourth-order valence-electron chi connectivity index (χ4n) is 1.84. The van der Waals surface area contributed by atoms with Gasteiger partial charge >= 0.3 is 6.18 Å². The molecular formula is C14H11F3O. The summed E-state index contributed by atoms with van der Waals surface area (Å²) in [5.41, 5.74) is -0.345.